The maximum absolute atomic E-state index is 12.3. The molecule has 0 bridgehead atoms. The van der Waals surface area contributed by atoms with Crippen molar-refractivity contribution in [3.63, 3.8) is 0 Å². The molecule has 134 valence electrons. The summed E-state index contributed by atoms with van der Waals surface area (Å²) in [6, 6.07) is 12.3. The SMILES string of the molecule is COc1cc(OC)cc(C(=O)OCc2cc3ccc(C)cc3[nH]c2=O)c1. The maximum atomic E-state index is 12.3. The van der Waals surface area contributed by atoms with Crippen LogP contribution >= 0.6 is 0 Å². The van der Waals surface area contributed by atoms with E-state index in [1.807, 2.05) is 25.1 Å². The minimum absolute atomic E-state index is 0.127. The number of nitrogens with one attached hydrogen (secondary N) is 1. The molecule has 0 aliphatic carbocycles. The molecule has 0 fully saturated rings. The predicted octanol–water partition coefficient (Wildman–Crippen LogP) is 3.21. The highest BCUT2D eigenvalue weighted by Gasteiger charge is 2.13. The second-order valence-corrected chi connectivity index (χ2v) is 5.89. The lowest BCUT2D eigenvalue weighted by atomic mass is 10.1. The van der Waals surface area contributed by atoms with E-state index in [0.717, 1.165) is 16.5 Å². The van der Waals surface area contributed by atoms with Crippen LogP contribution in [0, 0.1) is 6.92 Å². The van der Waals surface area contributed by atoms with Gasteiger partial charge in [0.15, 0.2) is 0 Å². The fourth-order valence-corrected chi connectivity index (χ4v) is 2.62. The first-order chi connectivity index (χ1) is 12.5. The number of carbonyl (C=O) groups excluding carboxylic acids is 1. The Morgan fingerprint density at radius 2 is 1.69 bits per heavy atom. The average molecular weight is 353 g/mol. The second kappa shape index (κ2) is 7.31. The molecule has 0 aliphatic rings. The summed E-state index contributed by atoms with van der Waals surface area (Å²) < 4.78 is 15.6. The lowest BCUT2D eigenvalue weighted by Crippen LogP contribution is -2.15. The number of pyridine rings is 1. The molecule has 1 heterocycles. The van der Waals surface area contributed by atoms with E-state index in [1.165, 1.54) is 14.2 Å². The number of ether oxygens (including phenoxy) is 3. The third-order valence-corrected chi connectivity index (χ3v) is 4.02. The van der Waals surface area contributed by atoms with Gasteiger partial charge in [-0.15, -0.1) is 0 Å². The molecular weight excluding hydrogens is 334 g/mol. The van der Waals surface area contributed by atoms with Crippen LogP contribution in [-0.4, -0.2) is 25.2 Å². The Labute approximate surface area is 150 Å². The molecule has 0 spiro atoms. The summed E-state index contributed by atoms with van der Waals surface area (Å²) >= 11 is 0. The number of aromatic nitrogens is 1. The van der Waals surface area contributed by atoms with Crippen molar-refractivity contribution in [2.24, 2.45) is 0 Å². The molecule has 6 heteroatoms. The number of esters is 1. The number of methoxy groups -OCH3 is 2. The van der Waals surface area contributed by atoms with Crippen LogP contribution in [0.4, 0.5) is 0 Å². The number of H-pyrrole nitrogens is 1. The highest BCUT2D eigenvalue weighted by molar-refractivity contribution is 5.90. The largest absolute Gasteiger partial charge is 0.497 e. The van der Waals surface area contributed by atoms with Gasteiger partial charge in [-0.25, -0.2) is 4.79 Å². The van der Waals surface area contributed by atoms with E-state index in [0.29, 0.717) is 17.1 Å². The Morgan fingerprint density at radius 1 is 1.00 bits per heavy atom. The maximum Gasteiger partial charge on any atom is 0.338 e. The zero-order chi connectivity index (χ0) is 18.7. The average Bonchev–Trinajstić information content (AvgIpc) is 2.65. The lowest BCUT2D eigenvalue weighted by Gasteiger charge is -2.09. The summed E-state index contributed by atoms with van der Waals surface area (Å²) in [5, 5.41) is 0.879. The van der Waals surface area contributed by atoms with E-state index in [-0.39, 0.29) is 17.7 Å². The monoisotopic (exact) mass is 353 g/mol. The standard InChI is InChI=1S/C20H19NO5/c1-12-4-5-13-7-15(19(22)21-18(13)6-12)11-26-20(23)14-8-16(24-2)10-17(9-14)25-3/h4-10H,11H2,1-3H3,(H,21,22). The summed E-state index contributed by atoms with van der Waals surface area (Å²) in [4.78, 5) is 27.3. The number of aromatic amines is 1. The summed E-state index contributed by atoms with van der Waals surface area (Å²) in [5.74, 6) is 0.399. The van der Waals surface area contributed by atoms with Crippen LogP contribution in [0.15, 0.2) is 47.3 Å². The van der Waals surface area contributed by atoms with Crippen molar-refractivity contribution in [2.75, 3.05) is 14.2 Å². The van der Waals surface area contributed by atoms with Gasteiger partial charge >= 0.3 is 5.97 Å². The molecule has 1 N–H and O–H groups in total. The molecule has 0 radical (unpaired) electrons. The van der Waals surface area contributed by atoms with Gasteiger partial charge in [-0.1, -0.05) is 12.1 Å². The van der Waals surface area contributed by atoms with Gasteiger partial charge in [0.2, 0.25) is 0 Å². The Balaban J connectivity index is 1.81. The smallest absolute Gasteiger partial charge is 0.338 e. The predicted molar refractivity (Wildman–Crippen MR) is 98.0 cm³/mol. The summed E-state index contributed by atoms with van der Waals surface area (Å²) in [7, 11) is 3.00. The molecule has 0 saturated heterocycles. The van der Waals surface area contributed by atoms with Crippen LogP contribution in [0.2, 0.25) is 0 Å². The van der Waals surface area contributed by atoms with E-state index in [2.05, 4.69) is 4.98 Å². The molecule has 0 atom stereocenters. The van der Waals surface area contributed by atoms with E-state index in [4.69, 9.17) is 14.2 Å². The molecule has 0 unspecified atom stereocenters. The molecular formula is C20H19NO5. The van der Waals surface area contributed by atoms with Crippen molar-refractivity contribution >= 4 is 16.9 Å². The zero-order valence-corrected chi connectivity index (χ0v) is 14.8. The fraction of sp³-hybridized carbons (Fsp3) is 0.200. The second-order valence-electron chi connectivity index (χ2n) is 5.89. The number of benzene rings is 2. The van der Waals surface area contributed by atoms with Crippen LogP contribution < -0.4 is 15.0 Å². The molecule has 0 amide bonds. The molecule has 0 saturated carbocycles. The van der Waals surface area contributed by atoms with E-state index < -0.39 is 5.97 Å². The summed E-state index contributed by atoms with van der Waals surface area (Å²) in [5.41, 5.74) is 2.19. The van der Waals surface area contributed by atoms with Crippen molar-refractivity contribution in [1.29, 1.82) is 0 Å². The first-order valence-electron chi connectivity index (χ1n) is 8.03. The highest BCUT2D eigenvalue weighted by Crippen LogP contribution is 2.23. The van der Waals surface area contributed by atoms with Crippen molar-refractivity contribution < 1.29 is 19.0 Å². The molecule has 26 heavy (non-hydrogen) atoms. The number of carbonyl (C=O) groups is 1. The molecule has 3 aromatic rings. The Morgan fingerprint density at radius 3 is 2.35 bits per heavy atom. The summed E-state index contributed by atoms with van der Waals surface area (Å²) in [6.45, 7) is 1.83. The third-order valence-electron chi connectivity index (χ3n) is 4.02. The zero-order valence-electron chi connectivity index (χ0n) is 14.8. The van der Waals surface area contributed by atoms with Crippen molar-refractivity contribution in [3.05, 3.63) is 69.5 Å². The van der Waals surface area contributed by atoms with Gasteiger partial charge in [0.05, 0.1) is 25.3 Å². The van der Waals surface area contributed by atoms with Gasteiger partial charge in [0.25, 0.3) is 5.56 Å². The van der Waals surface area contributed by atoms with Gasteiger partial charge in [0.1, 0.15) is 18.1 Å². The van der Waals surface area contributed by atoms with E-state index >= 15 is 0 Å². The molecule has 0 aliphatic heterocycles. The minimum Gasteiger partial charge on any atom is -0.497 e. The molecule has 1 aromatic heterocycles. The van der Waals surface area contributed by atoms with E-state index in [9.17, 15) is 9.59 Å². The molecule has 2 aromatic carbocycles. The first-order valence-corrected chi connectivity index (χ1v) is 8.03. The highest BCUT2D eigenvalue weighted by atomic mass is 16.5. The van der Waals surface area contributed by atoms with Gasteiger partial charge in [-0.3, -0.25) is 4.79 Å². The third kappa shape index (κ3) is 3.69. The number of hydrogen-bond acceptors (Lipinski definition) is 5. The van der Waals surface area contributed by atoms with Crippen LogP contribution in [-0.2, 0) is 11.3 Å². The van der Waals surface area contributed by atoms with E-state index in [1.54, 1.807) is 24.3 Å². The van der Waals surface area contributed by atoms with Crippen LogP contribution in [0.3, 0.4) is 0 Å². The van der Waals surface area contributed by atoms with Crippen LogP contribution in [0.5, 0.6) is 11.5 Å². The Kier molecular flexibility index (Phi) is 4.93. The fourth-order valence-electron chi connectivity index (χ4n) is 2.62. The number of fused-ring (bicyclic) bond motifs is 1. The topological polar surface area (TPSA) is 77.6 Å². The lowest BCUT2D eigenvalue weighted by molar-refractivity contribution is 0.0470. The van der Waals surface area contributed by atoms with Crippen LogP contribution in [0.25, 0.3) is 10.9 Å². The normalized spacial score (nSPS) is 10.6. The number of aryl methyl sites for hydroxylation is 1. The Bertz CT molecular complexity index is 1000. The molecule has 3 rings (SSSR count). The molecule has 6 nitrogen and oxygen atoms in total. The van der Waals surface area contributed by atoms with Crippen molar-refractivity contribution in [1.82, 2.24) is 4.98 Å². The van der Waals surface area contributed by atoms with Gasteiger partial charge < -0.3 is 19.2 Å². The van der Waals surface area contributed by atoms with Crippen LogP contribution in [0.1, 0.15) is 21.5 Å². The van der Waals surface area contributed by atoms with Gasteiger partial charge in [0, 0.05) is 11.6 Å². The quantitative estimate of drug-likeness (QED) is 0.713. The first kappa shape index (κ1) is 17.5. The van der Waals surface area contributed by atoms with Crippen molar-refractivity contribution in [2.45, 2.75) is 13.5 Å². The number of hydrogen-bond donors (Lipinski definition) is 1. The summed E-state index contributed by atoms with van der Waals surface area (Å²) in [6.07, 6.45) is 0. The van der Waals surface area contributed by atoms with Crippen molar-refractivity contribution in [3.8, 4) is 11.5 Å². The minimum atomic E-state index is -0.564. The number of rotatable bonds is 5. The van der Waals surface area contributed by atoms with Gasteiger partial charge in [-0.2, -0.15) is 0 Å². The van der Waals surface area contributed by atoms with Gasteiger partial charge in [-0.05, 0) is 42.1 Å². The Hall–Kier alpha value is -3.28.